The Kier molecular flexibility index (Phi) is 4.43. The predicted octanol–water partition coefficient (Wildman–Crippen LogP) is 3.43. The van der Waals surface area contributed by atoms with E-state index in [1.54, 1.807) is 6.20 Å². The number of allylic oxidation sites excluding steroid dienone is 1. The first kappa shape index (κ1) is 18.9. The van der Waals surface area contributed by atoms with E-state index >= 15 is 0 Å². The number of carbonyl (C=O) groups excluding carboxylic acids is 1. The molecule has 4 N–H and O–H groups in total. The van der Waals surface area contributed by atoms with Crippen LogP contribution in [0.3, 0.4) is 0 Å². The number of pyridine rings is 1. The van der Waals surface area contributed by atoms with E-state index in [1.165, 1.54) is 0 Å². The summed E-state index contributed by atoms with van der Waals surface area (Å²) in [5.41, 5.74) is 9.76. The molecule has 7 nitrogen and oxygen atoms in total. The normalized spacial score (nSPS) is 24.5. The van der Waals surface area contributed by atoms with E-state index < -0.39 is 0 Å². The molecule has 2 bridgehead atoms. The average molecular weight is 423 g/mol. The topological polar surface area (TPSA) is 99.9 Å². The van der Waals surface area contributed by atoms with Crippen LogP contribution in [0.5, 0.6) is 0 Å². The Labute approximate surface area is 179 Å². The van der Waals surface area contributed by atoms with E-state index in [1.807, 2.05) is 37.2 Å². The molecule has 0 aliphatic heterocycles. The summed E-state index contributed by atoms with van der Waals surface area (Å²) in [6, 6.07) is 8.01. The molecule has 30 heavy (non-hydrogen) atoms. The summed E-state index contributed by atoms with van der Waals surface area (Å²) in [4.78, 5) is 26.6. The average Bonchev–Trinajstić information content (AvgIpc) is 3.44. The third-order valence-electron chi connectivity index (χ3n) is 6.21. The fourth-order valence-corrected chi connectivity index (χ4v) is 4.91. The van der Waals surface area contributed by atoms with E-state index in [0.29, 0.717) is 22.2 Å². The standard InChI is InChI=1S/C22H23ClN6O/c1-29(2)14-5-3-4-13(9-14)21-27-19-18(15(23)10-25-22(19)28-21)26-17-12-7-6-11(8-12)16(17)20(24)30/h3-7,9-12,16-17H,8H2,1-2H3,(H2,24,30)(H2,25,26,27,28)/t11-,12-,16+,17-/m0/s1. The van der Waals surface area contributed by atoms with Crippen molar-refractivity contribution in [2.45, 2.75) is 12.5 Å². The summed E-state index contributed by atoms with van der Waals surface area (Å²) in [6.07, 6.45) is 6.80. The van der Waals surface area contributed by atoms with Gasteiger partial charge in [-0.05, 0) is 30.4 Å². The molecule has 4 atom stereocenters. The van der Waals surface area contributed by atoms with Gasteiger partial charge in [0, 0.05) is 31.4 Å². The fraction of sp³-hybridized carbons (Fsp3) is 0.318. The van der Waals surface area contributed by atoms with Crippen LogP contribution in [0.25, 0.3) is 22.6 Å². The Balaban J connectivity index is 1.55. The van der Waals surface area contributed by atoms with Gasteiger partial charge in [0.25, 0.3) is 0 Å². The minimum Gasteiger partial charge on any atom is -0.378 e. The summed E-state index contributed by atoms with van der Waals surface area (Å²) >= 11 is 6.52. The third-order valence-corrected chi connectivity index (χ3v) is 6.50. The van der Waals surface area contributed by atoms with E-state index in [4.69, 9.17) is 17.3 Å². The van der Waals surface area contributed by atoms with Crippen molar-refractivity contribution in [3.63, 3.8) is 0 Å². The van der Waals surface area contributed by atoms with E-state index in [0.717, 1.165) is 23.2 Å². The van der Waals surface area contributed by atoms with Crippen LogP contribution >= 0.6 is 11.6 Å². The minimum absolute atomic E-state index is 0.0931. The molecule has 154 valence electrons. The lowest BCUT2D eigenvalue weighted by molar-refractivity contribution is -0.122. The van der Waals surface area contributed by atoms with Gasteiger partial charge in [-0.25, -0.2) is 9.97 Å². The van der Waals surface area contributed by atoms with Gasteiger partial charge in [0.05, 0.1) is 22.8 Å². The molecule has 3 aromatic rings. The number of aromatic amines is 1. The Morgan fingerprint density at radius 2 is 2.10 bits per heavy atom. The quantitative estimate of drug-likeness (QED) is 0.547. The van der Waals surface area contributed by atoms with Crippen molar-refractivity contribution < 1.29 is 4.79 Å². The van der Waals surface area contributed by atoms with Crippen molar-refractivity contribution in [3.05, 3.63) is 47.6 Å². The zero-order valence-corrected chi connectivity index (χ0v) is 17.5. The molecule has 1 fully saturated rings. The second-order valence-electron chi connectivity index (χ2n) is 8.26. The predicted molar refractivity (Wildman–Crippen MR) is 119 cm³/mol. The number of nitrogens with two attached hydrogens (primary N) is 1. The molecule has 0 radical (unpaired) electrons. The maximum atomic E-state index is 12.1. The molecule has 8 heteroatoms. The number of H-pyrrole nitrogens is 1. The molecule has 0 unspecified atom stereocenters. The summed E-state index contributed by atoms with van der Waals surface area (Å²) in [7, 11) is 4.00. The van der Waals surface area contributed by atoms with Gasteiger partial charge in [-0.1, -0.05) is 35.9 Å². The van der Waals surface area contributed by atoms with E-state index in [-0.39, 0.29) is 29.7 Å². The first-order valence-electron chi connectivity index (χ1n) is 9.98. The molecule has 1 amide bonds. The van der Waals surface area contributed by atoms with Crippen LogP contribution < -0.4 is 16.0 Å². The van der Waals surface area contributed by atoms with Crippen LogP contribution in [0.2, 0.25) is 5.02 Å². The number of primary amides is 1. The highest BCUT2D eigenvalue weighted by molar-refractivity contribution is 6.34. The van der Waals surface area contributed by atoms with Crippen molar-refractivity contribution in [1.82, 2.24) is 15.0 Å². The van der Waals surface area contributed by atoms with Crippen molar-refractivity contribution in [3.8, 4) is 11.4 Å². The van der Waals surface area contributed by atoms with Crippen LogP contribution in [0.4, 0.5) is 11.4 Å². The summed E-state index contributed by atoms with van der Waals surface area (Å²) in [6.45, 7) is 0. The Hall–Kier alpha value is -3.06. The Morgan fingerprint density at radius 1 is 1.30 bits per heavy atom. The molecule has 1 aromatic carbocycles. The number of imidazole rings is 1. The summed E-state index contributed by atoms with van der Waals surface area (Å²) in [5, 5.41) is 3.99. The highest BCUT2D eigenvalue weighted by Gasteiger charge is 2.47. The van der Waals surface area contributed by atoms with Crippen LogP contribution in [0.1, 0.15) is 6.42 Å². The lowest BCUT2D eigenvalue weighted by atomic mass is 9.88. The van der Waals surface area contributed by atoms with Crippen molar-refractivity contribution in [1.29, 1.82) is 0 Å². The zero-order chi connectivity index (χ0) is 21.0. The van der Waals surface area contributed by atoms with Crippen LogP contribution in [0, 0.1) is 17.8 Å². The molecule has 0 spiro atoms. The molecule has 2 aliphatic rings. The number of benzene rings is 1. The number of amides is 1. The van der Waals surface area contributed by atoms with Gasteiger partial charge < -0.3 is 20.9 Å². The molecule has 2 heterocycles. The number of hydrogen-bond donors (Lipinski definition) is 3. The maximum absolute atomic E-state index is 12.1. The lowest BCUT2D eigenvalue weighted by Crippen LogP contribution is -2.41. The number of nitrogens with zero attached hydrogens (tertiary/aromatic N) is 3. The Morgan fingerprint density at radius 3 is 2.87 bits per heavy atom. The van der Waals surface area contributed by atoms with Gasteiger partial charge in [-0.3, -0.25) is 4.79 Å². The van der Waals surface area contributed by atoms with Gasteiger partial charge in [-0.2, -0.15) is 0 Å². The highest BCUT2D eigenvalue weighted by Crippen LogP contribution is 2.46. The van der Waals surface area contributed by atoms with Crippen LogP contribution in [0.15, 0.2) is 42.6 Å². The first-order valence-corrected chi connectivity index (χ1v) is 10.4. The van der Waals surface area contributed by atoms with E-state index in [9.17, 15) is 4.79 Å². The van der Waals surface area contributed by atoms with Gasteiger partial charge in [0.15, 0.2) is 5.65 Å². The highest BCUT2D eigenvalue weighted by atomic mass is 35.5. The second kappa shape index (κ2) is 7.02. The number of hydrogen-bond acceptors (Lipinski definition) is 5. The molecular weight excluding hydrogens is 400 g/mol. The summed E-state index contributed by atoms with van der Waals surface area (Å²) < 4.78 is 0. The van der Waals surface area contributed by atoms with Gasteiger partial charge in [0.2, 0.25) is 5.91 Å². The molecule has 0 saturated heterocycles. The maximum Gasteiger partial charge on any atom is 0.223 e. The number of fused-ring (bicyclic) bond motifs is 3. The summed E-state index contributed by atoms with van der Waals surface area (Å²) in [5.74, 6) is 0.624. The number of carbonyl (C=O) groups is 1. The second-order valence-corrected chi connectivity index (χ2v) is 8.66. The van der Waals surface area contributed by atoms with Crippen LogP contribution in [-0.4, -0.2) is 41.0 Å². The van der Waals surface area contributed by atoms with Gasteiger partial charge >= 0.3 is 0 Å². The fourth-order valence-electron chi connectivity index (χ4n) is 4.72. The largest absolute Gasteiger partial charge is 0.378 e. The van der Waals surface area contributed by atoms with Gasteiger partial charge in [0.1, 0.15) is 11.3 Å². The SMILES string of the molecule is CN(C)c1cccc(-c2nc3ncc(Cl)c(N[C@@H]4[C@H](C(N)=O)[C@H]5C=C[C@H]4C5)c3[nH]2)c1. The molecule has 2 aromatic heterocycles. The number of rotatable bonds is 5. The molecular formula is C22H23ClN6O. The van der Waals surface area contributed by atoms with Crippen molar-refractivity contribution in [2.24, 2.45) is 23.5 Å². The van der Waals surface area contributed by atoms with E-state index in [2.05, 4.69) is 38.5 Å². The monoisotopic (exact) mass is 422 g/mol. The number of anilines is 2. The number of nitrogens with one attached hydrogen (secondary N) is 2. The molecule has 1 saturated carbocycles. The number of halogens is 1. The number of aromatic nitrogens is 3. The first-order chi connectivity index (χ1) is 14.4. The zero-order valence-electron chi connectivity index (χ0n) is 16.8. The van der Waals surface area contributed by atoms with Crippen molar-refractivity contribution >= 4 is 40.0 Å². The van der Waals surface area contributed by atoms with Crippen LogP contribution in [-0.2, 0) is 4.79 Å². The third kappa shape index (κ3) is 3.01. The minimum atomic E-state index is -0.281. The molecule has 2 aliphatic carbocycles. The van der Waals surface area contributed by atoms with Crippen molar-refractivity contribution in [2.75, 3.05) is 24.3 Å². The Bertz CT molecular complexity index is 1170. The molecule has 5 rings (SSSR count). The van der Waals surface area contributed by atoms with Gasteiger partial charge in [-0.15, -0.1) is 0 Å². The smallest absolute Gasteiger partial charge is 0.223 e. The lowest BCUT2D eigenvalue weighted by Gasteiger charge is -2.28.